The normalized spacial score (nSPS) is 38.1. The molecule has 9 rings (SSSR count). The van der Waals surface area contributed by atoms with Crippen LogP contribution in [0.15, 0.2) is 91.0 Å². The summed E-state index contributed by atoms with van der Waals surface area (Å²) in [7, 11) is -0.511. The molecule has 0 radical (unpaired) electrons. The highest BCUT2D eigenvalue weighted by Gasteiger charge is 2.61. The molecule has 14 atom stereocenters. The monoisotopic (exact) mass is 817 g/mol. The highest BCUT2D eigenvalue weighted by molar-refractivity contribution is 6.61. The van der Waals surface area contributed by atoms with Gasteiger partial charge in [0, 0.05) is 0 Å². The van der Waals surface area contributed by atoms with E-state index in [1.165, 1.54) is 64.2 Å². The topological polar surface area (TPSA) is 55.4 Å². The second-order valence-electron chi connectivity index (χ2n) is 21.0. The SMILES string of the molecule is CC(C)CCC[C@@H](C)[C@H]1CC[C@H]2[C@@H]3CC[C@H]4C[C@@H](OC5O[C@@H]6COB(c7ccccc7)O[C@H]6[C@H](OCc6ccccc6)[C@H]5OCc5ccccc5)CC[C@]4(C)[C@H]3CC[C@]12C. The minimum Gasteiger partial charge on any atom is -0.404 e. The maximum atomic E-state index is 7.24. The van der Waals surface area contributed by atoms with Crippen LogP contribution in [-0.4, -0.2) is 50.5 Å². The van der Waals surface area contributed by atoms with Crippen LogP contribution in [0, 0.1) is 52.3 Å². The van der Waals surface area contributed by atoms with E-state index in [0.29, 0.717) is 36.6 Å². The molecule has 3 aromatic rings. The van der Waals surface area contributed by atoms with E-state index >= 15 is 0 Å². The van der Waals surface area contributed by atoms with Crippen LogP contribution in [0.5, 0.6) is 0 Å². The van der Waals surface area contributed by atoms with E-state index in [1.54, 1.807) is 0 Å². The van der Waals surface area contributed by atoms with Crippen molar-refractivity contribution in [2.24, 2.45) is 52.3 Å². The molecule has 2 aliphatic heterocycles. The predicted molar refractivity (Wildman–Crippen MR) is 239 cm³/mol. The Morgan fingerprint density at radius 1 is 0.700 bits per heavy atom. The lowest BCUT2D eigenvalue weighted by atomic mass is 9.44. The molecule has 7 heteroatoms. The van der Waals surface area contributed by atoms with E-state index in [0.717, 1.165) is 64.9 Å². The molecule has 3 aromatic carbocycles. The quantitative estimate of drug-likeness (QED) is 0.119. The Balaban J connectivity index is 0.911. The summed E-state index contributed by atoms with van der Waals surface area (Å²) in [6.07, 6.45) is 13.9. The van der Waals surface area contributed by atoms with Crippen LogP contribution in [0.1, 0.15) is 123 Å². The van der Waals surface area contributed by atoms with Gasteiger partial charge in [-0.05, 0) is 127 Å². The van der Waals surface area contributed by atoms with E-state index in [-0.39, 0.29) is 12.2 Å². The third-order valence-electron chi connectivity index (χ3n) is 17.1. The summed E-state index contributed by atoms with van der Waals surface area (Å²) in [6, 6.07) is 31.0. The standard InChI is InChI=1S/C53H73BO6/c1-36(2)16-15-17-37(3)44-26-27-45-43-25-24-40-32-42(28-30-52(40,4)46(43)29-31-53(44,45)5)58-51-50(56-34-39-20-11-7-12-21-39)49(55-33-38-18-9-6-10-19-38)48-47(59-51)35-57-54(60-48)41-22-13-8-14-23-41/h6-14,18-23,36-37,40,42-51H,15-17,24-35H2,1-5H3/t37-,40+,42+,43+,44-,45+,46+,47-,48-,49+,50-,51?,52+,53-/m1/s1. The number of ether oxygens (including phenoxy) is 4. The maximum Gasteiger partial charge on any atom is 0.494 e. The Bertz CT molecular complexity index is 1790. The van der Waals surface area contributed by atoms with Gasteiger partial charge in [-0.1, -0.05) is 145 Å². The van der Waals surface area contributed by atoms with Gasteiger partial charge in [-0.2, -0.15) is 0 Å². The molecular weight excluding hydrogens is 743 g/mol. The van der Waals surface area contributed by atoms with E-state index in [9.17, 15) is 0 Å². The van der Waals surface area contributed by atoms with E-state index < -0.39 is 31.7 Å². The molecule has 6 nitrogen and oxygen atoms in total. The summed E-state index contributed by atoms with van der Waals surface area (Å²) in [5, 5.41) is 0. The van der Waals surface area contributed by atoms with Gasteiger partial charge >= 0.3 is 7.12 Å². The summed E-state index contributed by atoms with van der Waals surface area (Å²) in [6.45, 7) is 14.1. The Morgan fingerprint density at radius 2 is 1.35 bits per heavy atom. The van der Waals surface area contributed by atoms with Crippen molar-refractivity contribution < 1.29 is 28.3 Å². The Morgan fingerprint density at radius 3 is 2.05 bits per heavy atom. The van der Waals surface area contributed by atoms with Gasteiger partial charge in [0.15, 0.2) is 6.29 Å². The maximum absolute atomic E-state index is 7.24. The Hall–Kier alpha value is -2.52. The molecule has 2 saturated heterocycles. The van der Waals surface area contributed by atoms with Crippen molar-refractivity contribution in [3.8, 4) is 0 Å². The Kier molecular flexibility index (Phi) is 13.3. The van der Waals surface area contributed by atoms with Crippen molar-refractivity contribution in [1.29, 1.82) is 0 Å². The second kappa shape index (κ2) is 18.7. The van der Waals surface area contributed by atoms with Gasteiger partial charge in [-0.15, -0.1) is 0 Å². The molecular formula is C53H73BO6. The lowest BCUT2D eigenvalue weighted by Gasteiger charge is -2.61. The molecule has 0 aromatic heterocycles. The molecule has 0 N–H and O–H groups in total. The average Bonchev–Trinajstić information content (AvgIpc) is 3.63. The van der Waals surface area contributed by atoms with Crippen LogP contribution in [0.2, 0.25) is 0 Å². The summed E-state index contributed by atoms with van der Waals surface area (Å²) in [5.74, 6) is 5.88. The number of hydrogen-bond donors (Lipinski definition) is 0. The molecule has 60 heavy (non-hydrogen) atoms. The minimum absolute atomic E-state index is 0.109. The first kappa shape index (κ1) is 42.8. The fraction of sp³-hybridized carbons (Fsp3) is 0.660. The predicted octanol–water partition coefficient (Wildman–Crippen LogP) is 11.2. The van der Waals surface area contributed by atoms with E-state index in [4.69, 9.17) is 28.3 Å². The number of hydrogen-bond acceptors (Lipinski definition) is 6. The zero-order valence-corrected chi connectivity index (χ0v) is 37.3. The number of benzene rings is 3. The largest absolute Gasteiger partial charge is 0.494 e. The molecule has 0 spiro atoms. The van der Waals surface area contributed by atoms with Crippen molar-refractivity contribution in [2.45, 2.75) is 162 Å². The summed E-state index contributed by atoms with van der Waals surface area (Å²) < 4.78 is 41.2. The van der Waals surface area contributed by atoms with E-state index in [2.05, 4.69) is 95.3 Å². The van der Waals surface area contributed by atoms with Crippen molar-refractivity contribution in [2.75, 3.05) is 6.61 Å². The Labute approximate surface area is 362 Å². The molecule has 324 valence electrons. The third kappa shape index (κ3) is 8.84. The lowest BCUT2D eigenvalue weighted by Crippen LogP contribution is -2.67. The summed E-state index contributed by atoms with van der Waals surface area (Å²) in [4.78, 5) is 0. The third-order valence-corrected chi connectivity index (χ3v) is 17.1. The minimum atomic E-state index is -0.602. The number of rotatable bonds is 14. The summed E-state index contributed by atoms with van der Waals surface area (Å²) in [5.41, 5.74) is 4.12. The molecule has 4 aliphatic carbocycles. The van der Waals surface area contributed by atoms with Crippen molar-refractivity contribution in [1.82, 2.24) is 0 Å². The zero-order chi connectivity index (χ0) is 41.3. The fourth-order valence-electron chi connectivity index (χ4n) is 13.9. The van der Waals surface area contributed by atoms with Crippen LogP contribution in [0.4, 0.5) is 0 Å². The zero-order valence-electron chi connectivity index (χ0n) is 37.3. The smallest absolute Gasteiger partial charge is 0.404 e. The lowest BCUT2D eigenvalue weighted by molar-refractivity contribution is -0.335. The van der Waals surface area contributed by atoms with Gasteiger partial charge in [-0.25, -0.2) is 0 Å². The first-order valence-electron chi connectivity index (χ1n) is 24.1. The molecule has 4 saturated carbocycles. The van der Waals surface area contributed by atoms with Crippen LogP contribution < -0.4 is 5.46 Å². The molecule has 0 amide bonds. The highest BCUT2D eigenvalue weighted by atomic mass is 16.7. The van der Waals surface area contributed by atoms with Gasteiger partial charge in [0.1, 0.15) is 24.4 Å². The first-order chi connectivity index (χ1) is 29.2. The van der Waals surface area contributed by atoms with Crippen LogP contribution >= 0.6 is 0 Å². The van der Waals surface area contributed by atoms with Crippen molar-refractivity contribution in [3.05, 3.63) is 102 Å². The van der Waals surface area contributed by atoms with Crippen molar-refractivity contribution in [3.63, 3.8) is 0 Å². The van der Waals surface area contributed by atoms with Crippen LogP contribution in [0.3, 0.4) is 0 Å². The van der Waals surface area contributed by atoms with Crippen LogP contribution in [-0.2, 0) is 41.5 Å². The molecule has 0 bridgehead atoms. The van der Waals surface area contributed by atoms with Gasteiger partial charge in [0.2, 0.25) is 0 Å². The molecule has 6 aliphatic rings. The van der Waals surface area contributed by atoms with Crippen molar-refractivity contribution >= 4 is 12.6 Å². The molecule has 2 heterocycles. The first-order valence-corrected chi connectivity index (χ1v) is 24.1. The highest BCUT2D eigenvalue weighted by Crippen LogP contribution is 2.68. The number of fused-ring (bicyclic) bond motifs is 6. The average molecular weight is 817 g/mol. The van der Waals surface area contributed by atoms with E-state index in [1.807, 2.05) is 30.3 Å². The van der Waals surface area contributed by atoms with Gasteiger partial charge in [0.25, 0.3) is 0 Å². The van der Waals surface area contributed by atoms with Gasteiger partial charge in [0.05, 0.1) is 25.9 Å². The fourth-order valence-corrected chi connectivity index (χ4v) is 13.9. The summed E-state index contributed by atoms with van der Waals surface area (Å²) >= 11 is 0. The van der Waals surface area contributed by atoms with Gasteiger partial charge < -0.3 is 28.3 Å². The van der Waals surface area contributed by atoms with Gasteiger partial charge in [-0.3, -0.25) is 0 Å². The second-order valence-corrected chi connectivity index (χ2v) is 21.0. The van der Waals surface area contributed by atoms with Crippen LogP contribution in [0.25, 0.3) is 0 Å². The molecule has 6 fully saturated rings. The molecule has 1 unspecified atom stereocenters.